The van der Waals surface area contributed by atoms with Crippen LogP contribution in [0.3, 0.4) is 0 Å². The zero-order valence-corrected chi connectivity index (χ0v) is 13.1. The van der Waals surface area contributed by atoms with Crippen LogP contribution in [0.2, 0.25) is 0 Å². The number of hydrogen-bond donors (Lipinski definition) is 1. The topological polar surface area (TPSA) is 80.4 Å². The predicted octanol–water partition coefficient (Wildman–Crippen LogP) is 0.701. The van der Waals surface area contributed by atoms with E-state index in [2.05, 4.69) is 10.3 Å². The van der Waals surface area contributed by atoms with E-state index in [0.717, 1.165) is 24.9 Å². The van der Waals surface area contributed by atoms with Crippen LogP contribution in [0.5, 0.6) is 0 Å². The van der Waals surface area contributed by atoms with E-state index >= 15 is 0 Å². The van der Waals surface area contributed by atoms with Gasteiger partial charge in [0.2, 0.25) is 5.91 Å². The molecule has 1 aliphatic heterocycles. The number of piperidine rings is 1. The molecular weight excluding hydrogens is 296 g/mol. The minimum atomic E-state index is -0.113. The first-order valence-corrected chi connectivity index (χ1v) is 7.70. The highest BCUT2D eigenvalue weighted by Crippen LogP contribution is 2.14. The summed E-state index contributed by atoms with van der Waals surface area (Å²) in [6, 6.07) is 1.81. The van der Waals surface area contributed by atoms with Gasteiger partial charge in [0.05, 0.1) is 18.9 Å². The minimum Gasteiger partial charge on any atom is -0.472 e. The van der Waals surface area contributed by atoms with Crippen molar-refractivity contribution in [2.75, 3.05) is 18.0 Å². The van der Waals surface area contributed by atoms with Gasteiger partial charge in [-0.3, -0.25) is 9.59 Å². The summed E-state index contributed by atoms with van der Waals surface area (Å²) in [7, 11) is 1.71. The highest BCUT2D eigenvalue weighted by molar-refractivity contribution is 5.78. The smallest absolute Gasteiger partial charge is 0.293 e. The first-order chi connectivity index (χ1) is 11.1. The quantitative estimate of drug-likeness (QED) is 0.898. The molecule has 1 atom stereocenters. The van der Waals surface area contributed by atoms with Gasteiger partial charge in [-0.25, -0.2) is 4.98 Å². The van der Waals surface area contributed by atoms with Gasteiger partial charge < -0.3 is 19.2 Å². The standard InChI is InChI=1S/C16H20N4O3/c1-19-7-5-17-15(16(19)22)20-6-2-3-13(10-20)18-14(21)9-12-4-8-23-11-12/h4-5,7-8,11,13H,2-3,6,9-10H2,1H3,(H,18,21). The Morgan fingerprint density at radius 1 is 1.52 bits per heavy atom. The Labute approximate surface area is 133 Å². The van der Waals surface area contributed by atoms with Gasteiger partial charge in [-0.2, -0.15) is 0 Å². The Bertz CT molecular complexity index is 723. The maximum atomic E-state index is 12.2. The van der Waals surface area contributed by atoms with Gasteiger partial charge in [-0.05, 0) is 24.5 Å². The number of nitrogens with zero attached hydrogens (tertiary/aromatic N) is 3. The molecule has 0 spiro atoms. The predicted molar refractivity (Wildman–Crippen MR) is 85.3 cm³/mol. The lowest BCUT2D eigenvalue weighted by Crippen LogP contribution is -2.49. The second-order valence-corrected chi connectivity index (χ2v) is 5.83. The maximum Gasteiger partial charge on any atom is 0.293 e. The number of aryl methyl sites for hydroxylation is 1. The van der Waals surface area contributed by atoms with Crippen LogP contribution in [0.1, 0.15) is 18.4 Å². The SMILES string of the molecule is Cn1ccnc(N2CCCC(NC(=O)Cc3ccoc3)C2)c1=O. The molecule has 1 fully saturated rings. The molecule has 0 aliphatic carbocycles. The van der Waals surface area contributed by atoms with Gasteiger partial charge in [-0.15, -0.1) is 0 Å². The van der Waals surface area contributed by atoms with E-state index in [-0.39, 0.29) is 17.5 Å². The molecule has 122 valence electrons. The van der Waals surface area contributed by atoms with Gasteiger partial charge in [0.25, 0.3) is 5.56 Å². The van der Waals surface area contributed by atoms with Crippen molar-refractivity contribution in [3.05, 3.63) is 46.9 Å². The number of nitrogens with one attached hydrogen (secondary N) is 1. The molecule has 3 heterocycles. The average molecular weight is 316 g/mol. The number of rotatable bonds is 4. The molecule has 0 aromatic carbocycles. The molecule has 2 aromatic rings. The molecule has 2 aromatic heterocycles. The van der Waals surface area contributed by atoms with E-state index in [1.54, 1.807) is 38.0 Å². The van der Waals surface area contributed by atoms with Crippen LogP contribution in [-0.4, -0.2) is 34.6 Å². The summed E-state index contributed by atoms with van der Waals surface area (Å²) in [6.45, 7) is 1.38. The van der Waals surface area contributed by atoms with E-state index in [1.165, 1.54) is 4.57 Å². The molecular formula is C16H20N4O3. The molecule has 1 saturated heterocycles. The highest BCUT2D eigenvalue weighted by atomic mass is 16.3. The summed E-state index contributed by atoms with van der Waals surface area (Å²) < 4.78 is 6.49. The van der Waals surface area contributed by atoms with Crippen LogP contribution in [0.25, 0.3) is 0 Å². The summed E-state index contributed by atoms with van der Waals surface area (Å²) in [4.78, 5) is 30.4. The van der Waals surface area contributed by atoms with Gasteiger partial charge >= 0.3 is 0 Å². The van der Waals surface area contributed by atoms with Gasteiger partial charge in [0, 0.05) is 38.6 Å². The molecule has 0 bridgehead atoms. The van der Waals surface area contributed by atoms with E-state index in [4.69, 9.17) is 4.42 Å². The van der Waals surface area contributed by atoms with E-state index in [0.29, 0.717) is 18.8 Å². The molecule has 1 N–H and O–H groups in total. The van der Waals surface area contributed by atoms with Gasteiger partial charge in [0.1, 0.15) is 0 Å². The van der Waals surface area contributed by atoms with Crippen molar-refractivity contribution in [3.8, 4) is 0 Å². The van der Waals surface area contributed by atoms with Crippen LogP contribution in [0, 0.1) is 0 Å². The van der Waals surface area contributed by atoms with Crippen molar-refractivity contribution in [2.24, 2.45) is 7.05 Å². The molecule has 1 aliphatic rings. The second kappa shape index (κ2) is 6.68. The summed E-state index contributed by atoms with van der Waals surface area (Å²) in [5.41, 5.74) is 0.742. The lowest BCUT2D eigenvalue weighted by molar-refractivity contribution is -0.121. The molecule has 0 radical (unpaired) electrons. The molecule has 1 amide bonds. The van der Waals surface area contributed by atoms with Crippen LogP contribution < -0.4 is 15.8 Å². The fourth-order valence-corrected chi connectivity index (χ4v) is 2.85. The van der Waals surface area contributed by atoms with Gasteiger partial charge in [-0.1, -0.05) is 0 Å². The molecule has 23 heavy (non-hydrogen) atoms. The number of carbonyl (C=O) groups is 1. The van der Waals surface area contributed by atoms with Crippen molar-refractivity contribution < 1.29 is 9.21 Å². The summed E-state index contributed by atoms with van der Waals surface area (Å²) >= 11 is 0. The number of anilines is 1. The lowest BCUT2D eigenvalue weighted by Gasteiger charge is -2.33. The number of hydrogen-bond acceptors (Lipinski definition) is 5. The van der Waals surface area contributed by atoms with Crippen molar-refractivity contribution in [2.45, 2.75) is 25.3 Å². The lowest BCUT2D eigenvalue weighted by atomic mass is 10.1. The number of aromatic nitrogens is 2. The zero-order chi connectivity index (χ0) is 16.2. The van der Waals surface area contributed by atoms with Crippen LogP contribution in [-0.2, 0) is 18.3 Å². The van der Waals surface area contributed by atoms with Crippen molar-refractivity contribution in [3.63, 3.8) is 0 Å². The highest BCUT2D eigenvalue weighted by Gasteiger charge is 2.24. The minimum absolute atomic E-state index is 0.0230. The Balaban J connectivity index is 1.63. The van der Waals surface area contributed by atoms with Crippen LogP contribution >= 0.6 is 0 Å². The van der Waals surface area contributed by atoms with Crippen molar-refractivity contribution in [1.82, 2.24) is 14.9 Å². The van der Waals surface area contributed by atoms with Gasteiger partial charge in [0.15, 0.2) is 5.82 Å². The first kappa shape index (κ1) is 15.3. The normalized spacial score (nSPS) is 18.0. The largest absolute Gasteiger partial charge is 0.472 e. The molecule has 1 unspecified atom stereocenters. The Kier molecular flexibility index (Phi) is 4.45. The monoisotopic (exact) mass is 316 g/mol. The Morgan fingerprint density at radius 2 is 2.39 bits per heavy atom. The zero-order valence-electron chi connectivity index (χ0n) is 13.1. The molecule has 7 heteroatoms. The fourth-order valence-electron chi connectivity index (χ4n) is 2.85. The summed E-state index contributed by atoms with van der Waals surface area (Å²) in [5.74, 6) is 0.413. The molecule has 7 nitrogen and oxygen atoms in total. The molecule has 3 rings (SSSR count). The summed E-state index contributed by atoms with van der Waals surface area (Å²) in [5, 5.41) is 3.03. The van der Waals surface area contributed by atoms with E-state index < -0.39 is 0 Å². The van der Waals surface area contributed by atoms with Crippen molar-refractivity contribution in [1.29, 1.82) is 0 Å². The second-order valence-electron chi connectivity index (χ2n) is 5.83. The fraction of sp³-hybridized carbons (Fsp3) is 0.438. The Hall–Kier alpha value is -2.57. The first-order valence-electron chi connectivity index (χ1n) is 7.70. The third-order valence-electron chi connectivity index (χ3n) is 4.03. The van der Waals surface area contributed by atoms with Crippen LogP contribution in [0.15, 0.2) is 40.2 Å². The number of amides is 1. The molecule has 0 saturated carbocycles. The summed E-state index contributed by atoms with van der Waals surface area (Å²) in [6.07, 6.45) is 8.51. The third-order valence-corrected chi connectivity index (χ3v) is 4.03. The van der Waals surface area contributed by atoms with Crippen molar-refractivity contribution >= 4 is 11.7 Å². The Morgan fingerprint density at radius 3 is 3.17 bits per heavy atom. The number of furan rings is 1. The maximum absolute atomic E-state index is 12.2. The average Bonchev–Trinajstić information content (AvgIpc) is 3.03. The van der Waals surface area contributed by atoms with E-state index in [1.807, 2.05) is 4.90 Å². The third kappa shape index (κ3) is 3.61. The van der Waals surface area contributed by atoms with Crippen LogP contribution in [0.4, 0.5) is 5.82 Å². The number of carbonyl (C=O) groups excluding carboxylic acids is 1. The van der Waals surface area contributed by atoms with E-state index in [9.17, 15) is 9.59 Å².